The second-order valence-corrected chi connectivity index (χ2v) is 12.9. The second-order valence-electron chi connectivity index (χ2n) is 12.9. The number of piperidine rings is 1. The van der Waals surface area contributed by atoms with E-state index in [1.807, 2.05) is 0 Å². The van der Waals surface area contributed by atoms with Crippen molar-refractivity contribution in [3.8, 4) is 0 Å². The Morgan fingerprint density at radius 1 is 1.13 bits per heavy atom. The minimum absolute atomic E-state index is 0.0397. The topological polar surface area (TPSA) is 41.5 Å². The van der Waals surface area contributed by atoms with Gasteiger partial charge in [-0.25, -0.2) is 0 Å². The Morgan fingerprint density at radius 2 is 1.94 bits per heavy atom. The maximum absolute atomic E-state index is 10.3. The second kappa shape index (κ2) is 6.70. The quantitative estimate of drug-likeness (QED) is 0.511. The summed E-state index contributed by atoms with van der Waals surface area (Å²) >= 11 is 0. The molecule has 2 heterocycles. The van der Waals surface area contributed by atoms with Crippen LogP contribution in [0.5, 0.6) is 0 Å². The van der Waals surface area contributed by atoms with E-state index in [2.05, 4.69) is 46.0 Å². The standard InChI is InChI=1S/C28H43NO2/c1-16-12-23-25(29-15-16)18(3)28(31-23)11-8-22-21(17(28)2)14-24-26(4)10-7-20(30)13-19(26)6-9-27(22,24)5/h6,16,18,20,22-25,29-30H,7-15H2,1-5H3. The number of aliphatic hydroxyl groups excluding tert-OH is 1. The van der Waals surface area contributed by atoms with Gasteiger partial charge in [0, 0.05) is 12.0 Å². The number of rotatable bonds is 0. The van der Waals surface area contributed by atoms with Crippen LogP contribution in [0.2, 0.25) is 0 Å². The molecule has 0 radical (unpaired) electrons. The molecule has 4 aliphatic carbocycles. The predicted molar refractivity (Wildman–Crippen MR) is 125 cm³/mol. The van der Waals surface area contributed by atoms with Crippen LogP contribution < -0.4 is 5.32 Å². The summed E-state index contributed by atoms with van der Waals surface area (Å²) in [5, 5.41) is 14.2. The number of ether oxygens (including phenoxy) is 1. The van der Waals surface area contributed by atoms with Gasteiger partial charge in [0.05, 0.1) is 17.8 Å². The first kappa shape index (κ1) is 20.9. The van der Waals surface area contributed by atoms with Gasteiger partial charge in [-0.1, -0.05) is 44.9 Å². The molecule has 0 bridgehead atoms. The molecule has 2 N–H and O–H groups in total. The Hall–Kier alpha value is -0.640. The van der Waals surface area contributed by atoms with E-state index in [1.165, 1.54) is 32.1 Å². The molecule has 3 nitrogen and oxygen atoms in total. The van der Waals surface area contributed by atoms with Gasteiger partial charge in [-0.15, -0.1) is 0 Å². The van der Waals surface area contributed by atoms with Gasteiger partial charge in [-0.3, -0.25) is 0 Å². The number of nitrogens with one attached hydrogen (secondary N) is 1. The summed E-state index contributed by atoms with van der Waals surface area (Å²) in [6.07, 6.45) is 12.0. The lowest BCUT2D eigenvalue weighted by atomic mass is 9.51. The normalized spacial score (nSPS) is 56.1. The summed E-state index contributed by atoms with van der Waals surface area (Å²) < 4.78 is 7.06. The molecule has 2 saturated carbocycles. The fraction of sp³-hybridized carbons (Fsp3) is 0.857. The van der Waals surface area contributed by atoms with Gasteiger partial charge >= 0.3 is 0 Å². The SMILES string of the molecule is CC1=C2CC3C4(C)CCC(O)CC4=CCC3(C)C2CCC12OC1CC(C)CNC1C2C. The van der Waals surface area contributed by atoms with Crippen molar-refractivity contribution < 1.29 is 9.84 Å². The summed E-state index contributed by atoms with van der Waals surface area (Å²) in [4.78, 5) is 0. The third kappa shape index (κ3) is 2.63. The molecule has 172 valence electrons. The first-order chi connectivity index (χ1) is 14.7. The molecule has 0 aromatic heterocycles. The van der Waals surface area contributed by atoms with Crippen molar-refractivity contribution in [1.82, 2.24) is 5.32 Å². The van der Waals surface area contributed by atoms with Crippen molar-refractivity contribution in [2.75, 3.05) is 6.54 Å². The monoisotopic (exact) mass is 425 g/mol. The molecular formula is C28H43NO2. The van der Waals surface area contributed by atoms with Crippen molar-refractivity contribution in [1.29, 1.82) is 0 Å². The summed E-state index contributed by atoms with van der Waals surface area (Å²) in [6.45, 7) is 13.5. The van der Waals surface area contributed by atoms with E-state index in [4.69, 9.17) is 4.74 Å². The Morgan fingerprint density at radius 3 is 2.74 bits per heavy atom. The minimum atomic E-state index is -0.123. The zero-order chi connectivity index (χ0) is 21.8. The molecule has 31 heavy (non-hydrogen) atoms. The first-order valence-electron chi connectivity index (χ1n) is 13.2. The van der Waals surface area contributed by atoms with Gasteiger partial charge in [-0.05, 0) is 99.0 Å². The molecule has 4 fully saturated rings. The third-order valence-corrected chi connectivity index (χ3v) is 11.5. The number of fused-ring (bicyclic) bond motifs is 6. The minimum Gasteiger partial charge on any atom is -0.393 e. The molecule has 3 heteroatoms. The maximum Gasteiger partial charge on any atom is 0.0937 e. The van der Waals surface area contributed by atoms with Gasteiger partial charge in [0.15, 0.2) is 0 Å². The average molecular weight is 426 g/mol. The molecule has 10 atom stereocenters. The number of hydrogen-bond acceptors (Lipinski definition) is 3. The zero-order valence-corrected chi connectivity index (χ0v) is 20.3. The van der Waals surface area contributed by atoms with E-state index in [0.717, 1.165) is 37.6 Å². The van der Waals surface area contributed by atoms with E-state index in [-0.39, 0.29) is 17.1 Å². The Bertz CT molecular complexity index is 846. The first-order valence-corrected chi connectivity index (χ1v) is 13.2. The molecule has 2 aliphatic heterocycles. The molecule has 6 rings (SSSR count). The lowest BCUT2D eigenvalue weighted by Gasteiger charge is -2.54. The van der Waals surface area contributed by atoms with E-state index in [1.54, 1.807) is 16.7 Å². The van der Waals surface area contributed by atoms with Crippen LogP contribution in [-0.4, -0.2) is 35.5 Å². The molecular weight excluding hydrogens is 382 g/mol. The highest BCUT2D eigenvalue weighted by Crippen LogP contribution is 2.69. The van der Waals surface area contributed by atoms with Crippen molar-refractivity contribution in [3.05, 3.63) is 22.8 Å². The maximum atomic E-state index is 10.3. The molecule has 0 amide bonds. The van der Waals surface area contributed by atoms with Crippen LogP contribution in [0.3, 0.4) is 0 Å². The van der Waals surface area contributed by atoms with Crippen LogP contribution in [0.4, 0.5) is 0 Å². The highest BCUT2D eigenvalue weighted by atomic mass is 16.5. The van der Waals surface area contributed by atoms with Crippen LogP contribution in [0.1, 0.15) is 86.0 Å². The van der Waals surface area contributed by atoms with Crippen molar-refractivity contribution in [2.24, 2.45) is 34.5 Å². The van der Waals surface area contributed by atoms with E-state index >= 15 is 0 Å². The largest absolute Gasteiger partial charge is 0.393 e. The molecule has 0 aromatic carbocycles. The molecule has 1 spiro atoms. The number of aliphatic hydroxyl groups is 1. The molecule has 2 saturated heterocycles. The van der Waals surface area contributed by atoms with Gasteiger partial charge < -0.3 is 15.2 Å². The molecule has 10 unspecified atom stereocenters. The number of hydrogen-bond donors (Lipinski definition) is 2. The average Bonchev–Trinajstić information content (AvgIpc) is 3.19. The highest BCUT2D eigenvalue weighted by molar-refractivity contribution is 5.40. The van der Waals surface area contributed by atoms with Crippen LogP contribution >= 0.6 is 0 Å². The van der Waals surface area contributed by atoms with Crippen LogP contribution in [0.15, 0.2) is 22.8 Å². The van der Waals surface area contributed by atoms with Gasteiger partial charge in [0.1, 0.15) is 0 Å². The van der Waals surface area contributed by atoms with Crippen LogP contribution in [0, 0.1) is 34.5 Å². The predicted octanol–water partition coefficient (Wildman–Crippen LogP) is 5.39. The lowest BCUT2D eigenvalue weighted by Crippen LogP contribution is -2.49. The van der Waals surface area contributed by atoms with Gasteiger partial charge in [0.2, 0.25) is 0 Å². The summed E-state index contributed by atoms with van der Waals surface area (Å²) in [7, 11) is 0. The van der Waals surface area contributed by atoms with Crippen LogP contribution in [0.25, 0.3) is 0 Å². The number of allylic oxidation sites excluding steroid dienone is 2. The van der Waals surface area contributed by atoms with Crippen molar-refractivity contribution >= 4 is 0 Å². The Labute approximate surface area is 189 Å². The smallest absolute Gasteiger partial charge is 0.0937 e. The zero-order valence-electron chi connectivity index (χ0n) is 20.3. The summed E-state index contributed by atoms with van der Waals surface area (Å²) in [5.74, 6) is 2.71. The van der Waals surface area contributed by atoms with Crippen molar-refractivity contribution in [2.45, 2.75) is 110 Å². The van der Waals surface area contributed by atoms with E-state index in [0.29, 0.717) is 29.4 Å². The Kier molecular flexibility index (Phi) is 4.52. The Balaban J connectivity index is 1.37. The third-order valence-electron chi connectivity index (χ3n) is 11.5. The van der Waals surface area contributed by atoms with Gasteiger partial charge in [-0.2, -0.15) is 0 Å². The van der Waals surface area contributed by atoms with Crippen LogP contribution in [-0.2, 0) is 4.74 Å². The fourth-order valence-electron chi connectivity index (χ4n) is 9.58. The molecule has 6 aliphatic rings. The summed E-state index contributed by atoms with van der Waals surface area (Å²) in [5.41, 5.74) is 5.55. The highest BCUT2D eigenvalue weighted by Gasteiger charge is 2.63. The lowest BCUT2D eigenvalue weighted by molar-refractivity contribution is -0.0590. The fourth-order valence-corrected chi connectivity index (χ4v) is 9.58. The molecule has 0 aromatic rings. The van der Waals surface area contributed by atoms with Crippen molar-refractivity contribution in [3.63, 3.8) is 0 Å². The van der Waals surface area contributed by atoms with Gasteiger partial charge in [0.25, 0.3) is 0 Å². The van der Waals surface area contributed by atoms with E-state index < -0.39 is 0 Å². The summed E-state index contributed by atoms with van der Waals surface area (Å²) in [6, 6.07) is 0.521. The van der Waals surface area contributed by atoms with E-state index in [9.17, 15) is 5.11 Å².